The van der Waals surface area contributed by atoms with E-state index in [1.807, 2.05) is 6.07 Å². The molecule has 0 atom stereocenters. The maximum atomic E-state index is 5.20. The van der Waals surface area contributed by atoms with Gasteiger partial charge in [-0.2, -0.15) is 0 Å². The molecule has 67 heavy (non-hydrogen) atoms. The van der Waals surface area contributed by atoms with Gasteiger partial charge in [-0.05, 0) is 111 Å². The predicted molar refractivity (Wildman–Crippen MR) is 278 cm³/mol. The molecule has 0 unspecified atom stereocenters. The zero-order valence-corrected chi connectivity index (χ0v) is 37.2. The Labute approximate surface area is 391 Å². The summed E-state index contributed by atoms with van der Waals surface area (Å²) in [6.07, 6.45) is 6.19. The number of hydrogen-bond donors (Lipinski definition) is 0. The Morgan fingerprint density at radius 1 is 0.328 bits per heavy atom. The van der Waals surface area contributed by atoms with Crippen LogP contribution in [0.25, 0.3) is 106 Å². The smallest absolute Gasteiger partial charge is 0.160 e. The Morgan fingerprint density at radius 3 is 1.54 bits per heavy atom. The lowest BCUT2D eigenvalue weighted by molar-refractivity contribution is 0.353. The third-order valence-electron chi connectivity index (χ3n) is 14.6. The van der Waals surface area contributed by atoms with Crippen molar-refractivity contribution in [2.45, 2.75) is 37.5 Å². The van der Waals surface area contributed by atoms with E-state index in [1.165, 1.54) is 115 Å². The third-order valence-corrected chi connectivity index (χ3v) is 14.6. The normalized spacial score (nSPS) is 13.8. The Bertz CT molecular complexity index is 3620. The van der Waals surface area contributed by atoms with Gasteiger partial charge in [-0.1, -0.05) is 201 Å². The molecule has 1 saturated carbocycles. The summed E-state index contributed by atoms with van der Waals surface area (Å²) in [7, 11) is 0. The molecule has 2 aliphatic rings. The molecule has 1 fully saturated rings. The number of benzene rings is 9. The summed E-state index contributed by atoms with van der Waals surface area (Å²) >= 11 is 0. The van der Waals surface area contributed by atoms with E-state index in [-0.39, 0.29) is 5.41 Å². The zero-order valence-electron chi connectivity index (χ0n) is 37.2. The van der Waals surface area contributed by atoms with E-state index in [0.717, 1.165) is 28.1 Å². The number of para-hydroxylation sites is 1. The lowest BCUT2D eigenvalue weighted by Gasteiger charge is -2.36. The summed E-state index contributed by atoms with van der Waals surface area (Å²) < 4.78 is 2.49. The summed E-state index contributed by atoms with van der Waals surface area (Å²) in [5, 5.41) is 2.64. The van der Waals surface area contributed by atoms with Crippen molar-refractivity contribution >= 4 is 21.8 Å². The van der Waals surface area contributed by atoms with E-state index < -0.39 is 0 Å². The second-order valence-electron chi connectivity index (χ2n) is 18.4. The third kappa shape index (κ3) is 6.72. The van der Waals surface area contributed by atoms with Gasteiger partial charge >= 0.3 is 0 Å². The van der Waals surface area contributed by atoms with E-state index in [4.69, 9.17) is 9.97 Å². The first-order valence-electron chi connectivity index (χ1n) is 23.8. The SMILES string of the molecule is c1ccc(-c2ccc(-c3nc(-c4ccccc4)cc(-c4ccc(-c5ccc6c(c5)-c5cc7c(cc5C65CCCCC5)c5ccccc5n7-c5cccc(-c6ccccc6)c5)cc4)n3)cc2)cc1. The fraction of sp³-hybridized carbons (Fsp3) is 0.0938. The number of rotatable bonds is 7. The maximum absolute atomic E-state index is 5.20. The average Bonchev–Trinajstić information content (AvgIpc) is 3.87. The molecule has 0 bridgehead atoms. The van der Waals surface area contributed by atoms with Gasteiger partial charge in [0.05, 0.1) is 22.4 Å². The fourth-order valence-corrected chi connectivity index (χ4v) is 11.3. The van der Waals surface area contributed by atoms with E-state index >= 15 is 0 Å². The monoisotopic (exact) mass is 857 g/mol. The first-order chi connectivity index (χ1) is 33.2. The second kappa shape index (κ2) is 16.1. The molecule has 9 aromatic carbocycles. The van der Waals surface area contributed by atoms with Gasteiger partial charge in [0.25, 0.3) is 0 Å². The summed E-state index contributed by atoms with van der Waals surface area (Å²) in [5.74, 6) is 0.714. The molecule has 1 spiro atoms. The van der Waals surface area contributed by atoms with Crippen LogP contribution in [0.1, 0.15) is 43.2 Å². The number of hydrogen-bond acceptors (Lipinski definition) is 2. The quantitative estimate of drug-likeness (QED) is 0.160. The second-order valence-corrected chi connectivity index (χ2v) is 18.4. The molecular formula is C64H47N3. The van der Waals surface area contributed by atoms with Crippen molar-refractivity contribution in [1.29, 1.82) is 0 Å². The molecule has 3 heteroatoms. The van der Waals surface area contributed by atoms with Crippen LogP contribution in [-0.2, 0) is 5.41 Å². The highest BCUT2D eigenvalue weighted by atomic mass is 15.0. The highest BCUT2D eigenvalue weighted by molar-refractivity contribution is 6.11. The van der Waals surface area contributed by atoms with Crippen LogP contribution in [0.2, 0.25) is 0 Å². The highest BCUT2D eigenvalue weighted by Gasteiger charge is 2.44. The molecule has 0 saturated heterocycles. The Balaban J connectivity index is 0.906. The highest BCUT2D eigenvalue weighted by Crippen LogP contribution is 2.58. The van der Waals surface area contributed by atoms with Gasteiger partial charge < -0.3 is 4.57 Å². The molecule has 2 aromatic heterocycles. The molecule has 2 heterocycles. The van der Waals surface area contributed by atoms with Crippen LogP contribution >= 0.6 is 0 Å². The Hall–Kier alpha value is -8.14. The first-order valence-corrected chi connectivity index (χ1v) is 23.8. The predicted octanol–water partition coefficient (Wildman–Crippen LogP) is 16.8. The molecule has 318 valence electrons. The number of aromatic nitrogens is 3. The molecule has 0 amide bonds. The zero-order chi connectivity index (χ0) is 44.3. The van der Waals surface area contributed by atoms with Crippen molar-refractivity contribution in [3.63, 3.8) is 0 Å². The summed E-state index contributed by atoms with van der Waals surface area (Å²) in [6, 6.07) is 81.8. The lowest BCUT2D eigenvalue weighted by atomic mass is 9.67. The van der Waals surface area contributed by atoms with E-state index in [1.54, 1.807) is 0 Å². The van der Waals surface area contributed by atoms with E-state index in [0.29, 0.717) is 5.82 Å². The van der Waals surface area contributed by atoms with Crippen LogP contribution < -0.4 is 0 Å². The van der Waals surface area contributed by atoms with E-state index in [9.17, 15) is 0 Å². The van der Waals surface area contributed by atoms with Crippen molar-refractivity contribution in [3.05, 3.63) is 236 Å². The summed E-state index contributed by atoms with van der Waals surface area (Å²) in [4.78, 5) is 10.3. The van der Waals surface area contributed by atoms with Gasteiger partial charge in [-0.15, -0.1) is 0 Å². The molecule has 3 nitrogen and oxygen atoms in total. The van der Waals surface area contributed by atoms with Crippen molar-refractivity contribution in [2.75, 3.05) is 0 Å². The van der Waals surface area contributed by atoms with Crippen molar-refractivity contribution in [2.24, 2.45) is 0 Å². The van der Waals surface area contributed by atoms with Gasteiger partial charge in [-0.3, -0.25) is 0 Å². The molecule has 13 rings (SSSR count). The minimum Gasteiger partial charge on any atom is -0.309 e. The molecular weight excluding hydrogens is 811 g/mol. The van der Waals surface area contributed by atoms with Crippen LogP contribution in [0.3, 0.4) is 0 Å². The maximum Gasteiger partial charge on any atom is 0.160 e. The van der Waals surface area contributed by atoms with Crippen molar-refractivity contribution < 1.29 is 0 Å². The average molecular weight is 858 g/mol. The van der Waals surface area contributed by atoms with Crippen LogP contribution in [0.15, 0.2) is 224 Å². The van der Waals surface area contributed by atoms with Crippen LogP contribution in [0.4, 0.5) is 0 Å². The lowest BCUT2D eigenvalue weighted by Crippen LogP contribution is -2.28. The molecule has 0 aliphatic heterocycles. The molecule has 0 N–H and O–H groups in total. The van der Waals surface area contributed by atoms with Gasteiger partial charge in [0.15, 0.2) is 5.82 Å². The Morgan fingerprint density at radius 2 is 0.836 bits per heavy atom. The van der Waals surface area contributed by atoms with Crippen molar-refractivity contribution in [1.82, 2.24) is 14.5 Å². The molecule has 2 aliphatic carbocycles. The molecule has 0 radical (unpaired) electrons. The van der Waals surface area contributed by atoms with Gasteiger partial charge in [0.1, 0.15) is 0 Å². The van der Waals surface area contributed by atoms with E-state index in [2.05, 4.69) is 223 Å². The topological polar surface area (TPSA) is 30.7 Å². The van der Waals surface area contributed by atoms with Crippen LogP contribution in [-0.4, -0.2) is 14.5 Å². The van der Waals surface area contributed by atoms with Crippen LogP contribution in [0.5, 0.6) is 0 Å². The summed E-state index contributed by atoms with van der Waals surface area (Å²) in [5.41, 5.74) is 21.6. The van der Waals surface area contributed by atoms with Gasteiger partial charge in [-0.25, -0.2) is 9.97 Å². The van der Waals surface area contributed by atoms with Gasteiger partial charge in [0, 0.05) is 38.6 Å². The fourth-order valence-electron chi connectivity index (χ4n) is 11.3. The standard InChI is InChI=1S/C64H47N3/c1-5-16-43(17-6-1)45-28-32-49(33-29-45)63-65-59(47-20-9-3-10-21-47)42-60(66-63)48-30-26-46(27-31-48)51-34-35-57-54(39-51)55-41-62-56(40-58(55)64(57)36-13-4-14-37-64)53-24-11-12-25-61(53)67(62)52-23-15-22-50(38-52)44-18-7-2-8-19-44/h1-3,5-12,15-35,38-42H,4,13-14,36-37H2. The van der Waals surface area contributed by atoms with Gasteiger partial charge in [0.2, 0.25) is 0 Å². The minimum absolute atomic E-state index is 0.0268. The number of fused-ring (bicyclic) bond motifs is 8. The van der Waals surface area contributed by atoms with Crippen molar-refractivity contribution in [3.8, 4) is 84.1 Å². The largest absolute Gasteiger partial charge is 0.309 e. The Kier molecular flexibility index (Phi) is 9.42. The molecule has 11 aromatic rings. The first kappa shape index (κ1) is 39.2. The number of nitrogens with zero attached hydrogens (tertiary/aromatic N) is 3. The minimum atomic E-state index is 0.0268. The summed E-state index contributed by atoms with van der Waals surface area (Å²) in [6.45, 7) is 0. The van der Waals surface area contributed by atoms with Crippen LogP contribution in [0, 0.1) is 0 Å².